The molecule has 0 spiro atoms. The lowest BCUT2D eigenvalue weighted by molar-refractivity contribution is -0.115. The minimum Gasteiger partial charge on any atom is -0.491 e. The van der Waals surface area contributed by atoms with Gasteiger partial charge in [-0.3, -0.25) is 4.79 Å². The van der Waals surface area contributed by atoms with Crippen LogP contribution in [0.25, 0.3) is 0 Å². The SMILES string of the molecule is Cc1cc(OC(C)C)ccc1NC(=O)C(C)Sc1nncs1. The van der Waals surface area contributed by atoms with Gasteiger partial charge >= 0.3 is 0 Å². The van der Waals surface area contributed by atoms with Crippen LogP contribution >= 0.6 is 23.1 Å². The molecule has 22 heavy (non-hydrogen) atoms. The molecule has 0 radical (unpaired) electrons. The van der Waals surface area contributed by atoms with Gasteiger partial charge in [0.25, 0.3) is 0 Å². The summed E-state index contributed by atoms with van der Waals surface area (Å²) < 4.78 is 6.43. The molecule has 0 aliphatic carbocycles. The molecular weight excluding hydrogens is 318 g/mol. The summed E-state index contributed by atoms with van der Waals surface area (Å²) in [6.07, 6.45) is 0.128. The van der Waals surface area contributed by atoms with E-state index in [1.807, 2.05) is 45.9 Å². The largest absolute Gasteiger partial charge is 0.491 e. The smallest absolute Gasteiger partial charge is 0.237 e. The van der Waals surface area contributed by atoms with Gasteiger partial charge in [0.15, 0.2) is 4.34 Å². The van der Waals surface area contributed by atoms with Gasteiger partial charge in [-0.05, 0) is 51.5 Å². The third kappa shape index (κ3) is 4.71. The topological polar surface area (TPSA) is 64.1 Å². The molecule has 1 unspecified atom stereocenters. The first-order chi connectivity index (χ1) is 10.5. The number of nitrogens with zero attached hydrogens (tertiary/aromatic N) is 2. The molecule has 0 bridgehead atoms. The van der Waals surface area contributed by atoms with Gasteiger partial charge in [-0.2, -0.15) is 0 Å². The summed E-state index contributed by atoms with van der Waals surface area (Å²) in [4.78, 5) is 12.2. The van der Waals surface area contributed by atoms with E-state index in [0.29, 0.717) is 0 Å². The third-order valence-corrected chi connectivity index (χ3v) is 4.73. The number of anilines is 1. The van der Waals surface area contributed by atoms with Crippen molar-refractivity contribution < 1.29 is 9.53 Å². The number of carbonyl (C=O) groups excluding carboxylic acids is 1. The number of aromatic nitrogens is 2. The molecule has 5 nitrogen and oxygen atoms in total. The van der Waals surface area contributed by atoms with Crippen LogP contribution in [0.5, 0.6) is 5.75 Å². The molecule has 1 N–H and O–H groups in total. The van der Waals surface area contributed by atoms with Crippen molar-refractivity contribution in [3.8, 4) is 5.75 Å². The van der Waals surface area contributed by atoms with Gasteiger partial charge in [-0.25, -0.2) is 0 Å². The molecular formula is C15H19N3O2S2. The highest BCUT2D eigenvalue weighted by Crippen LogP contribution is 2.26. The van der Waals surface area contributed by atoms with Crippen molar-refractivity contribution in [2.45, 2.75) is 43.4 Å². The van der Waals surface area contributed by atoms with Crippen LogP contribution in [-0.4, -0.2) is 27.5 Å². The van der Waals surface area contributed by atoms with Crippen LogP contribution in [0.3, 0.4) is 0 Å². The van der Waals surface area contributed by atoms with Crippen molar-refractivity contribution >= 4 is 34.7 Å². The Hall–Kier alpha value is -1.60. The Balaban J connectivity index is 1.98. The van der Waals surface area contributed by atoms with Gasteiger partial charge in [0, 0.05) is 5.69 Å². The number of carbonyl (C=O) groups is 1. The predicted molar refractivity (Wildman–Crippen MR) is 90.8 cm³/mol. The van der Waals surface area contributed by atoms with E-state index in [2.05, 4.69) is 15.5 Å². The molecule has 2 rings (SSSR count). The van der Waals surface area contributed by atoms with Gasteiger partial charge in [0.1, 0.15) is 11.3 Å². The van der Waals surface area contributed by atoms with Gasteiger partial charge in [0.2, 0.25) is 5.91 Å². The minimum absolute atomic E-state index is 0.0548. The molecule has 0 aliphatic rings. The van der Waals surface area contributed by atoms with E-state index in [1.54, 1.807) is 5.51 Å². The number of aryl methyl sites for hydroxylation is 1. The minimum atomic E-state index is -0.237. The lowest BCUT2D eigenvalue weighted by Gasteiger charge is -2.15. The molecule has 7 heteroatoms. The first-order valence-corrected chi connectivity index (χ1v) is 8.72. The monoisotopic (exact) mass is 337 g/mol. The lowest BCUT2D eigenvalue weighted by atomic mass is 10.2. The maximum Gasteiger partial charge on any atom is 0.237 e. The van der Waals surface area contributed by atoms with Gasteiger partial charge < -0.3 is 10.1 Å². The van der Waals surface area contributed by atoms with Crippen molar-refractivity contribution in [3.05, 3.63) is 29.3 Å². The van der Waals surface area contributed by atoms with E-state index in [1.165, 1.54) is 23.1 Å². The Labute approximate surface area is 138 Å². The third-order valence-electron chi connectivity index (χ3n) is 2.81. The molecule has 1 heterocycles. The molecule has 1 amide bonds. The van der Waals surface area contributed by atoms with E-state index in [9.17, 15) is 4.79 Å². The molecule has 2 aromatic rings. The lowest BCUT2D eigenvalue weighted by Crippen LogP contribution is -2.22. The number of amides is 1. The van der Waals surface area contributed by atoms with Gasteiger partial charge in [-0.1, -0.05) is 23.1 Å². The fraction of sp³-hybridized carbons (Fsp3) is 0.400. The maximum atomic E-state index is 12.2. The van der Waals surface area contributed by atoms with E-state index >= 15 is 0 Å². The highest BCUT2D eigenvalue weighted by atomic mass is 32.2. The highest BCUT2D eigenvalue weighted by Gasteiger charge is 2.17. The van der Waals surface area contributed by atoms with Crippen LogP contribution in [0.4, 0.5) is 5.69 Å². The van der Waals surface area contributed by atoms with Crippen LogP contribution in [0.1, 0.15) is 26.3 Å². The normalized spacial score (nSPS) is 12.2. The number of benzene rings is 1. The summed E-state index contributed by atoms with van der Waals surface area (Å²) >= 11 is 2.83. The quantitative estimate of drug-likeness (QED) is 0.813. The Morgan fingerprint density at radius 1 is 1.36 bits per heavy atom. The van der Waals surface area contributed by atoms with E-state index in [0.717, 1.165) is 21.3 Å². The summed E-state index contributed by atoms with van der Waals surface area (Å²) in [5.74, 6) is 0.752. The first kappa shape index (κ1) is 16.8. The maximum absolute atomic E-state index is 12.2. The molecule has 0 fully saturated rings. The molecule has 0 aliphatic heterocycles. The molecule has 118 valence electrons. The van der Waals surface area contributed by atoms with Crippen molar-refractivity contribution in [1.82, 2.24) is 10.2 Å². The van der Waals surface area contributed by atoms with Crippen molar-refractivity contribution in [3.63, 3.8) is 0 Å². The second-order valence-electron chi connectivity index (χ2n) is 5.10. The zero-order valence-corrected chi connectivity index (χ0v) is 14.6. The van der Waals surface area contributed by atoms with Crippen molar-refractivity contribution in [2.24, 2.45) is 0 Å². The van der Waals surface area contributed by atoms with Crippen LogP contribution < -0.4 is 10.1 Å². The predicted octanol–water partition coefficient (Wildman–Crippen LogP) is 3.75. The highest BCUT2D eigenvalue weighted by molar-refractivity contribution is 8.02. The zero-order valence-electron chi connectivity index (χ0n) is 13.0. The summed E-state index contributed by atoms with van der Waals surface area (Å²) in [6.45, 7) is 7.77. The Kier molecular flexibility index (Phi) is 5.79. The zero-order chi connectivity index (χ0) is 16.1. The van der Waals surface area contributed by atoms with Gasteiger partial charge in [-0.15, -0.1) is 10.2 Å². The van der Waals surface area contributed by atoms with E-state index in [-0.39, 0.29) is 17.3 Å². The number of hydrogen-bond acceptors (Lipinski definition) is 6. The Morgan fingerprint density at radius 2 is 2.14 bits per heavy atom. The average molecular weight is 337 g/mol. The summed E-state index contributed by atoms with van der Waals surface area (Å²) in [5.41, 5.74) is 3.43. The average Bonchev–Trinajstić information content (AvgIpc) is 2.94. The summed E-state index contributed by atoms with van der Waals surface area (Å²) in [5, 5.41) is 10.4. The Bertz CT molecular complexity index is 630. The number of hydrogen-bond donors (Lipinski definition) is 1. The number of rotatable bonds is 6. The van der Waals surface area contributed by atoms with Crippen molar-refractivity contribution in [1.29, 1.82) is 0 Å². The molecule has 1 aromatic heterocycles. The van der Waals surface area contributed by atoms with Crippen LogP contribution in [0, 0.1) is 6.92 Å². The first-order valence-electron chi connectivity index (χ1n) is 6.96. The van der Waals surface area contributed by atoms with Crippen LogP contribution in [-0.2, 0) is 4.79 Å². The molecule has 0 saturated carbocycles. The number of nitrogens with one attached hydrogen (secondary N) is 1. The molecule has 0 saturated heterocycles. The number of thioether (sulfide) groups is 1. The van der Waals surface area contributed by atoms with E-state index in [4.69, 9.17) is 4.74 Å². The van der Waals surface area contributed by atoms with E-state index < -0.39 is 0 Å². The summed E-state index contributed by atoms with van der Waals surface area (Å²) in [7, 11) is 0. The molecule has 1 atom stereocenters. The van der Waals surface area contributed by atoms with Gasteiger partial charge in [0.05, 0.1) is 11.4 Å². The second-order valence-corrected chi connectivity index (χ2v) is 7.52. The molecule has 1 aromatic carbocycles. The fourth-order valence-corrected chi connectivity index (χ4v) is 3.40. The van der Waals surface area contributed by atoms with Crippen LogP contribution in [0.2, 0.25) is 0 Å². The Morgan fingerprint density at radius 3 is 2.73 bits per heavy atom. The standard InChI is InChI=1S/C15H19N3O2S2/c1-9(2)20-12-5-6-13(10(3)7-12)17-14(19)11(4)22-15-18-16-8-21-15/h5-9,11H,1-4H3,(H,17,19). The number of ether oxygens (including phenoxy) is 1. The fourth-order valence-electron chi connectivity index (χ4n) is 1.78. The second kappa shape index (κ2) is 7.60. The summed E-state index contributed by atoms with van der Waals surface area (Å²) in [6, 6.07) is 5.66. The van der Waals surface area contributed by atoms with Crippen LogP contribution in [0.15, 0.2) is 28.0 Å². The van der Waals surface area contributed by atoms with Crippen molar-refractivity contribution in [2.75, 3.05) is 5.32 Å².